The van der Waals surface area contributed by atoms with E-state index in [1.54, 1.807) is 6.07 Å². The van der Waals surface area contributed by atoms with Crippen molar-refractivity contribution in [1.29, 1.82) is 0 Å². The standard InChI is InChI=1S/C12H13N3O/c1-9-5-6-12(16)15(14-9)8-10-3-2-4-11(13)7-10/h2-7H,8,13H2,1H3. The van der Waals surface area contributed by atoms with Gasteiger partial charge in [-0.15, -0.1) is 0 Å². The number of nitrogen functional groups attached to an aromatic ring is 1. The van der Waals surface area contributed by atoms with E-state index in [2.05, 4.69) is 5.10 Å². The molecular formula is C12H13N3O. The first kappa shape index (κ1) is 10.4. The van der Waals surface area contributed by atoms with Crippen molar-refractivity contribution in [1.82, 2.24) is 9.78 Å². The van der Waals surface area contributed by atoms with Gasteiger partial charge in [-0.2, -0.15) is 5.10 Å². The number of nitrogens with zero attached hydrogens (tertiary/aromatic N) is 2. The first-order chi connectivity index (χ1) is 7.65. The Morgan fingerprint density at radius 1 is 1.31 bits per heavy atom. The molecule has 0 radical (unpaired) electrons. The molecule has 2 aromatic rings. The monoisotopic (exact) mass is 215 g/mol. The molecule has 0 bridgehead atoms. The molecule has 0 aliphatic carbocycles. The molecule has 4 nitrogen and oxygen atoms in total. The number of benzene rings is 1. The van der Waals surface area contributed by atoms with Crippen LogP contribution in [0.3, 0.4) is 0 Å². The number of hydrogen-bond acceptors (Lipinski definition) is 3. The van der Waals surface area contributed by atoms with E-state index in [9.17, 15) is 4.79 Å². The molecule has 4 heteroatoms. The summed E-state index contributed by atoms with van der Waals surface area (Å²) >= 11 is 0. The average molecular weight is 215 g/mol. The molecule has 0 atom stereocenters. The lowest BCUT2D eigenvalue weighted by molar-refractivity contribution is 0.628. The van der Waals surface area contributed by atoms with Gasteiger partial charge in [0.15, 0.2) is 0 Å². The Morgan fingerprint density at radius 2 is 2.12 bits per heavy atom. The zero-order valence-electron chi connectivity index (χ0n) is 9.05. The Hall–Kier alpha value is -2.10. The second-order valence-corrected chi connectivity index (χ2v) is 3.72. The van der Waals surface area contributed by atoms with Crippen LogP contribution >= 0.6 is 0 Å². The van der Waals surface area contributed by atoms with Gasteiger partial charge >= 0.3 is 0 Å². The van der Waals surface area contributed by atoms with Crippen LogP contribution in [0.25, 0.3) is 0 Å². The molecular weight excluding hydrogens is 202 g/mol. The summed E-state index contributed by atoms with van der Waals surface area (Å²) in [7, 11) is 0. The molecule has 0 aliphatic rings. The summed E-state index contributed by atoms with van der Waals surface area (Å²) in [6, 6.07) is 10.7. The minimum atomic E-state index is -0.104. The lowest BCUT2D eigenvalue weighted by Gasteiger charge is -2.05. The lowest BCUT2D eigenvalue weighted by atomic mass is 10.2. The molecule has 0 saturated carbocycles. The second kappa shape index (κ2) is 4.18. The molecule has 0 aliphatic heterocycles. The number of nitrogens with two attached hydrogens (primary N) is 1. The summed E-state index contributed by atoms with van der Waals surface area (Å²) in [6.45, 7) is 2.31. The van der Waals surface area contributed by atoms with Crippen molar-refractivity contribution in [2.45, 2.75) is 13.5 Å². The number of rotatable bonds is 2. The molecule has 0 unspecified atom stereocenters. The van der Waals surface area contributed by atoms with E-state index in [0.717, 1.165) is 11.3 Å². The molecule has 2 N–H and O–H groups in total. The summed E-state index contributed by atoms with van der Waals surface area (Å²) in [5.41, 5.74) is 8.06. The third-order valence-electron chi connectivity index (χ3n) is 2.28. The van der Waals surface area contributed by atoms with Gasteiger partial charge < -0.3 is 5.73 Å². The normalized spacial score (nSPS) is 10.3. The maximum Gasteiger partial charge on any atom is 0.267 e. The van der Waals surface area contributed by atoms with Crippen LogP contribution < -0.4 is 11.3 Å². The topological polar surface area (TPSA) is 60.9 Å². The van der Waals surface area contributed by atoms with Crippen LogP contribution in [-0.2, 0) is 6.54 Å². The third kappa shape index (κ3) is 2.28. The highest BCUT2D eigenvalue weighted by Crippen LogP contribution is 2.06. The van der Waals surface area contributed by atoms with Crippen molar-refractivity contribution in [2.24, 2.45) is 0 Å². The van der Waals surface area contributed by atoms with Gasteiger partial charge in [-0.3, -0.25) is 4.79 Å². The minimum Gasteiger partial charge on any atom is -0.399 e. The summed E-state index contributed by atoms with van der Waals surface area (Å²) in [5.74, 6) is 0. The Labute approximate surface area is 93.3 Å². The first-order valence-corrected chi connectivity index (χ1v) is 5.04. The van der Waals surface area contributed by atoms with Crippen LogP contribution in [0.15, 0.2) is 41.2 Å². The van der Waals surface area contributed by atoms with Crippen LogP contribution in [0.2, 0.25) is 0 Å². The zero-order valence-corrected chi connectivity index (χ0v) is 9.05. The predicted octanol–water partition coefficient (Wildman–Crippen LogP) is 1.18. The summed E-state index contributed by atoms with van der Waals surface area (Å²) in [5, 5.41) is 4.16. The van der Waals surface area contributed by atoms with Gasteiger partial charge in [0, 0.05) is 11.8 Å². The van der Waals surface area contributed by atoms with Gasteiger partial charge in [-0.25, -0.2) is 4.68 Å². The Kier molecular flexibility index (Phi) is 2.72. The highest BCUT2D eigenvalue weighted by Gasteiger charge is 1.99. The SMILES string of the molecule is Cc1ccc(=O)n(Cc2cccc(N)c2)n1. The fourth-order valence-electron chi connectivity index (χ4n) is 1.53. The van der Waals surface area contributed by atoms with Crippen molar-refractivity contribution < 1.29 is 0 Å². The van der Waals surface area contributed by atoms with E-state index in [4.69, 9.17) is 5.73 Å². The van der Waals surface area contributed by atoms with Gasteiger partial charge in [-0.1, -0.05) is 12.1 Å². The zero-order chi connectivity index (χ0) is 11.5. The molecule has 0 spiro atoms. The maximum absolute atomic E-state index is 11.5. The van der Waals surface area contributed by atoms with Gasteiger partial charge in [0.2, 0.25) is 0 Å². The molecule has 1 heterocycles. The fraction of sp³-hybridized carbons (Fsp3) is 0.167. The number of anilines is 1. The number of aromatic nitrogens is 2. The molecule has 0 saturated heterocycles. The number of hydrogen-bond donors (Lipinski definition) is 1. The summed E-state index contributed by atoms with van der Waals surface area (Å²) in [4.78, 5) is 11.5. The predicted molar refractivity (Wildman–Crippen MR) is 63.2 cm³/mol. The van der Waals surface area contributed by atoms with E-state index in [1.807, 2.05) is 31.2 Å². The van der Waals surface area contributed by atoms with E-state index < -0.39 is 0 Å². The van der Waals surface area contributed by atoms with Crippen LogP contribution in [0.1, 0.15) is 11.3 Å². The highest BCUT2D eigenvalue weighted by atomic mass is 16.1. The molecule has 1 aromatic carbocycles. The molecule has 2 rings (SSSR count). The fourth-order valence-corrected chi connectivity index (χ4v) is 1.53. The number of aryl methyl sites for hydroxylation is 1. The maximum atomic E-state index is 11.5. The van der Waals surface area contributed by atoms with Gasteiger partial charge in [0.1, 0.15) is 0 Å². The molecule has 0 amide bonds. The van der Waals surface area contributed by atoms with Crippen molar-refractivity contribution in [3.05, 3.63) is 58.0 Å². The van der Waals surface area contributed by atoms with Gasteiger partial charge in [0.05, 0.1) is 12.2 Å². The van der Waals surface area contributed by atoms with E-state index in [1.165, 1.54) is 10.7 Å². The molecule has 0 fully saturated rings. The van der Waals surface area contributed by atoms with Gasteiger partial charge in [-0.05, 0) is 30.7 Å². The molecule has 16 heavy (non-hydrogen) atoms. The average Bonchev–Trinajstić information content (AvgIpc) is 2.24. The van der Waals surface area contributed by atoms with Crippen LogP contribution in [0.5, 0.6) is 0 Å². The Balaban J connectivity index is 2.34. The van der Waals surface area contributed by atoms with E-state index >= 15 is 0 Å². The molecule has 1 aromatic heterocycles. The molecule has 82 valence electrons. The van der Waals surface area contributed by atoms with Crippen molar-refractivity contribution in [3.63, 3.8) is 0 Å². The highest BCUT2D eigenvalue weighted by molar-refractivity contribution is 5.40. The second-order valence-electron chi connectivity index (χ2n) is 3.72. The van der Waals surface area contributed by atoms with Crippen LogP contribution in [0, 0.1) is 6.92 Å². The van der Waals surface area contributed by atoms with Crippen molar-refractivity contribution in [3.8, 4) is 0 Å². The van der Waals surface area contributed by atoms with Crippen molar-refractivity contribution >= 4 is 5.69 Å². The van der Waals surface area contributed by atoms with E-state index in [-0.39, 0.29) is 5.56 Å². The van der Waals surface area contributed by atoms with Gasteiger partial charge in [0.25, 0.3) is 5.56 Å². The first-order valence-electron chi connectivity index (χ1n) is 5.04. The van der Waals surface area contributed by atoms with Crippen LogP contribution in [0.4, 0.5) is 5.69 Å². The summed E-state index contributed by atoms with van der Waals surface area (Å²) in [6.07, 6.45) is 0. The van der Waals surface area contributed by atoms with Crippen LogP contribution in [-0.4, -0.2) is 9.78 Å². The Bertz CT molecular complexity index is 560. The largest absolute Gasteiger partial charge is 0.399 e. The minimum absolute atomic E-state index is 0.104. The van der Waals surface area contributed by atoms with E-state index in [0.29, 0.717) is 12.2 Å². The Morgan fingerprint density at radius 3 is 2.88 bits per heavy atom. The third-order valence-corrected chi connectivity index (χ3v) is 2.28. The quantitative estimate of drug-likeness (QED) is 0.765. The van der Waals surface area contributed by atoms with Crippen molar-refractivity contribution in [2.75, 3.05) is 5.73 Å². The summed E-state index contributed by atoms with van der Waals surface area (Å²) < 4.78 is 1.43. The lowest BCUT2D eigenvalue weighted by Crippen LogP contribution is -2.22. The smallest absolute Gasteiger partial charge is 0.267 e.